The molecular weight excluding hydrogens is 232 g/mol. The lowest BCUT2D eigenvalue weighted by molar-refractivity contribution is -0.120. The maximum absolute atomic E-state index is 11.8. The highest BCUT2D eigenvalue weighted by Crippen LogP contribution is 2.37. The molecule has 18 heavy (non-hydrogen) atoms. The first-order valence-corrected chi connectivity index (χ1v) is 5.62. The second kappa shape index (κ2) is 4.96. The molecule has 0 aliphatic carbocycles. The summed E-state index contributed by atoms with van der Waals surface area (Å²) in [6.45, 7) is 0. The normalized spacial score (nSPS) is 17.4. The summed E-state index contributed by atoms with van der Waals surface area (Å²) < 4.78 is 10.4. The third-order valence-corrected chi connectivity index (χ3v) is 3.04. The topological polar surface area (TPSA) is 71.3 Å². The van der Waals surface area contributed by atoms with Gasteiger partial charge in [0.05, 0.1) is 26.2 Å². The molecule has 5 heteroatoms. The molecule has 0 spiro atoms. The molecule has 0 bridgehead atoms. The van der Waals surface area contributed by atoms with E-state index < -0.39 is 0 Å². The Morgan fingerprint density at radius 3 is 2.67 bits per heavy atom. The zero-order valence-corrected chi connectivity index (χ0v) is 10.3. The zero-order valence-electron chi connectivity index (χ0n) is 10.3. The van der Waals surface area contributed by atoms with Gasteiger partial charge in [0.1, 0.15) is 0 Å². The van der Waals surface area contributed by atoms with E-state index in [9.17, 15) is 4.79 Å². The zero-order chi connectivity index (χ0) is 13.1. The van der Waals surface area contributed by atoms with E-state index in [4.69, 9.17) is 14.7 Å². The van der Waals surface area contributed by atoms with Gasteiger partial charge in [0, 0.05) is 18.2 Å². The highest BCUT2D eigenvalue weighted by Gasteiger charge is 2.27. The lowest BCUT2D eigenvalue weighted by Gasteiger charge is -2.24. The van der Waals surface area contributed by atoms with Gasteiger partial charge in [-0.2, -0.15) is 5.26 Å². The van der Waals surface area contributed by atoms with Crippen molar-refractivity contribution in [2.45, 2.75) is 12.8 Å². The second-order valence-corrected chi connectivity index (χ2v) is 4.12. The van der Waals surface area contributed by atoms with E-state index in [0.717, 1.165) is 11.3 Å². The van der Waals surface area contributed by atoms with Crippen LogP contribution < -0.4 is 14.8 Å². The van der Waals surface area contributed by atoms with E-state index >= 15 is 0 Å². The summed E-state index contributed by atoms with van der Waals surface area (Å²) in [6, 6.07) is 5.62. The van der Waals surface area contributed by atoms with Crippen molar-refractivity contribution in [3.8, 4) is 17.6 Å². The molecule has 0 saturated carbocycles. The van der Waals surface area contributed by atoms with Crippen molar-refractivity contribution in [2.24, 2.45) is 5.92 Å². The average Bonchev–Trinajstić information content (AvgIpc) is 2.38. The van der Waals surface area contributed by atoms with Crippen LogP contribution in [0.25, 0.3) is 0 Å². The average molecular weight is 246 g/mol. The van der Waals surface area contributed by atoms with Gasteiger partial charge in [-0.1, -0.05) is 0 Å². The van der Waals surface area contributed by atoms with Crippen LogP contribution in [0.5, 0.6) is 11.5 Å². The Bertz CT molecular complexity index is 520. The van der Waals surface area contributed by atoms with Gasteiger partial charge in [0.15, 0.2) is 11.5 Å². The maximum Gasteiger partial charge on any atom is 0.228 e. The Morgan fingerprint density at radius 2 is 2.06 bits per heavy atom. The highest BCUT2D eigenvalue weighted by atomic mass is 16.5. The number of hydrogen-bond acceptors (Lipinski definition) is 4. The van der Waals surface area contributed by atoms with Crippen molar-refractivity contribution in [1.29, 1.82) is 5.26 Å². The first kappa shape index (κ1) is 12.2. The lowest BCUT2D eigenvalue weighted by atomic mass is 9.91. The molecule has 1 aliphatic rings. The second-order valence-electron chi connectivity index (χ2n) is 4.12. The largest absolute Gasteiger partial charge is 0.493 e. The summed E-state index contributed by atoms with van der Waals surface area (Å²) in [5, 5.41) is 11.5. The number of anilines is 1. The molecule has 0 fully saturated rings. The number of carbonyl (C=O) groups is 1. The molecule has 1 heterocycles. The summed E-state index contributed by atoms with van der Waals surface area (Å²) in [4.78, 5) is 11.8. The van der Waals surface area contributed by atoms with Crippen LogP contribution in [0.3, 0.4) is 0 Å². The van der Waals surface area contributed by atoms with Gasteiger partial charge >= 0.3 is 0 Å². The molecule has 0 aromatic heterocycles. The number of nitrogens with zero attached hydrogens (tertiary/aromatic N) is 1. The molecule has 0 saturated heterocycles. The van der Waals surface area contributed by atoms with Crippen LogP contribution in [0.2, 0.25) is 0 Å². The molecule has 0 radical (unpaired) electrons. The van der Waals surface area contributed by atoms with Gasteiger partial charge in [0.2, 0.25) is 5.91 Å². The first-order chi connectivity index (χ1) is 8.69. The van der Waals surface area contributed by atoms with Crippen LogP contribution in [-0.4, -0.2) is 20.1 Å². The number of hydrogen-bond donors (Lipinski definition) is 1. The lowest BCUT2D eigenvalue weighted by Crippen LogP contribution is -2.29. The highest BCUT2D eigenvalue weighted by molar-refractivity contribution is 5.96. The van der Waals surface area contributed by atoms with Crippen LogP contribution in [0.1, 0.15) is 12.0 Å². The minimum atomic E-state index is -0.291. The molecule has 1 unspecified atom stereocenters. The summed E-state index contributed by atoms with van der Waals surface area (Å²) in [5.74, 6) is 0.801. The predicted molar refractivity (Wildman–Crippen MR) is 65.6 cm³/mol. The van der Waals surface area contributed by atoms with E-state index in [2.05, 4.69) is 5.32 Å². The van der Waals surface area contributed by atoms with Gasteiger partial charge in [-0.05, 0) is 18.1 Å². The van der Waals surface area contributed by atoms with Crippen molar-refractivity contribution < 1.29 is 14.3 Å². The SMILES string of the molecule is COc1cc2c(cc1OC)NC(=O)C(CC#N)C2. The maximum atomic E-state index is 11.8. The Hall–Kier alpha value is -2.22. The molecule has 1 aromatic rings. The third-order valence-electron chi connectivity index (χ3n) is 3.04. The van der Waals surface area contributed by atoms with Crippen molar-refractivity contribution in [2.75, 3.05) is 19.5 Å². The summed E-state index contributed by atoms with van der Waals surface area (Å²) >= 11 is 0. The number of fused-ring (bicyclic) bond motifs is 1. The summed E-state index contributed by atoms with van der Waals surface area (Å²) in [5.41, 5.74) is 1.69. The van der Waals surface area contributed by atoms with Crippen molar-refractivity contribution >= 4 is 11.6 Å². The standard InChI is InChI=1S/C13H14N2O3/c1-17-11-6-9-5-8(3-4-14)13(16)15-10(9)7-12(11)18-2/h6-8H,3,5H2,1-2H3,(H,15,16). The van der Waals surface area contributed by atoms with Crippen LogP contribution in [0, 0.1) is 17.2 Å². The number of nitriles is 1. The Kier molecular flexibility index (Phi) is 3.38. The molecule has 1 atom stereocenters. The van der Waals surface area contributed by atoms with Crippen molar-refractivity contribution in [3.63, 3.8) is 0 Å². The molecule has 94 valence electrons. The number of rotatable bonds is 3. The van der Waals surface area contributed by atoms with Gasteiger partial charge in [-0.25, -0.2) is 0 Å². The molecular formula is C13H14N2O3. The molecule has 1 aliphatic heterocycles. The van der Waals surface area contributed by atoms with E-state index in [-0.39, 0.29) is 18.2 Å². The molecule has 1 N–H and O–H groups in total. The smallest absolute Gasteiger partial charge is 0.228 e. The minimum Gasteiger partial charge on any atom is -0.493 e. The van der Waals surface area contributed by atoms with Gasteiger partial charge in [0.25, 0.3) is 0 Å². The predicted octanol–water partition coefficient (Wildman–Crippen LogP) is 1.73. The van der Waals surface area contributed by atoms with Crippen LogP contribution >= 0.6 is 0 Å². The third kappa shape index (κ3) is 2.09. The number of amides is 1. The number of ether oxygens (including phenoxy) is 2. The number of nitrogens with one attached hydrogen (secondary N) is 1. The van der Waals surface area contributed by atoms with Gasteiger partial charge < -0.3 is 14.8 Å². The monoisotopic (exact) mass is 246 g/mol. The van der Waals surface area contributed by atoms with E-state index in [1.807, 2.05) is 12.1 Å². The summed E-state index contributed by atoms with van der Waals surface area (Å²) in [6.07, 6.45) is 0.773. The minimum absolute atomic E-state index is 0.115. The number of methoxy groups -OCH3 is 2. The van der Waals surface area contributed by atoms with Crippen molar-refractivity contribution in [1.82, 2.24) is 0 Å². The molecule has 2 rings (SSSR count). The van der Waals surface area contributed by atoms with E-state index in [1.165, 1.54) is 0 Å². The summed E-state index contributed by atoms with van der Waals surface area (Å²) in [7, 11) is 3.12. The van der Waals surface area contributed by atoms with Crippen LogP contribution in [-0.2, 0) is 11.2 Å². The fraction of sp³-hybridized carbons (Fsp3) is 0.385. The van der Waals surface area contributed by atoms with Gasteiger partial charge in [-0.15, -0.1) is 0 Å². The fourth-order valence-corrected chi connectivity index (χ4v) is 2.07. The van der Waals surface area contributed by atoms with E-state index in [1.54, 1.807) is 20.3 Å². The van der Waals surface area contributed by atoms with E-state index in [0.29, 0.717) is 17.9 Å². The van der Waals surface area contributed by atoms with Gasteiger partial charge in [-0.3, -0.25) is 4.79 Å². The molecule has 1 amide bonds. The molecule has 5 nitrogen and oxygen atoms in total. The van der Waals surface area contributed by atoms with Crippen LogP contribution in [0.15, 0.2) is 12.1 Å². The quantitative estimate of drug-likeness (QED) is 0.881. The first-order valence-electron chi connectivity index (χ1n) is 5.62. The Balaban J connectivity index is 2.38. The molecule has 1 aromatic carbocycles. The number of benzene rings is 1. The van der Waals surface area contributed by atoms with Crippen molar-refractivity contribution in [3.05, 3.63) is 17.7 Å². The number of carbonyl (C=O) groups excluding carboxylic acids is 1. The Morgan fingerprint density at radius 1 is 1.39 bits per heavy atom. The fourth-order valence-electron chi connectivity index (χ4n) is 2.07. The van der Waals surface area contributed by atoms with Crippen LogP contribution in [0.4, 0.5) is 5.69 Å². The Labute approximate surface area is 105 Å².